The van der Waals surface area contributed by atoms with E-state index in [1.807, 2.05) is 37.4 Å². The van der Waals surface area contributed by atoms with E-state index < -0.39 is 0 Å². The van der Waals surface area contributed by atoms with Crippen LogP contribution in [0.15, 0.2) is 36.4 Å². The van der Waals surface area contributed by atoms with Crippen molar-refractivity contribution in [1.82, 2.24) is 15.2 Å². The molecule has 0 saturated heterocycles. The molecule has 4 nitrogen and oxygen atoms in total. The first-order valence-electron chi connectivity index (χ1n) is 8.04. The summed E-state index contributed by atoms with van der Waals surface area (Å²) in [7, 11) is 2.05. The van der Waals surface area contributed by atoms with Gasteiger partial charge in [-0.3, -0.25) is 14.7 Å². The summed E-state index contributed by atoms with van der Waals surface area (Å²) in [5.74, 6) is 0.0735. The summed E-state index contributed by atoms with van der Waals surface area (Å²) in [4.78, 5) is 18.8. The lowest BCUT2D eigenvalue weighted by Gasteiger charge is -2.23. The predicted octanol–water partition coefficient (Wildman–Crippen LogP) is 2.73. The van der Waals surface area contributed by atoms with Crippen LogP contribution in [0.5, 0.6) is 0 Å². The van der Waals surface area contributed by atoms with Gasteiger partial charge in [-0.1, -0.05) is 37.1 Å². The number of hydrogen-bond donors (Lipinski definition) is 1. The van der Waals surface area contributed by atoms with Crippen LogP contribution >= 0.6 is 0 Å². The van der Waals surface area contributed by atoms with E-state index in [1.165, 1.54) is 25.7 Å². The molecule has 0 unspecified atom stereocenters. The number of nitrogens with one attached hydrogen (secondary N) is 1. The van der Waals surface area contributed by atoms with Gasteiger partial charge in [-0.25, -0.2) is 0 Å². The van der Waals surface area contributed by atoms with Crippen LogP contribution in [0.4, 0.5) is 0 Å². The van der Waals surface area contributed by atoms with Crippen LogP contribution in [-0.4, -0.2) is 35.4 Å². The molecule has 1 N–H and O–H groups in total. The normalized spacial score (nSPS) is 15.5. The lowest BCUT2D eigenvalue weighted by atomic mass is 10.2. The van der Waals surface area contributed by atoms with Crippen molar-refractivity contribution in [3.05, 3.63) is 42.1 Å². The molecule has 0 bridgehead atoms. The van der Waals surface area contributed by atoms with Crippen LogP contribution in [-0.2, 0) is 11.3 Å². The van der Waals surface area contributed by atoms with E-state index in [4.69, 9.17) is 0 Å². The Bertz CT molecular complexity index is 650. The molecule has 1 aliphatic carbocycles. The molecule has 1 saturated carbocycles. The minimum atomic E-state index is 0.0735. The molecule has 0 radical (unpaired) electrons. The lowest BCUT2D eigenvalue weighted by Crippen LogP contribution is -2.39. The number of fused-ring (bicyclic) bond motifs is 1. The minimum absolute atomic E-state index is 0.0735. The zero-order valence-corrected chi connectivity index (χ0v) is 13.1. The highest BCUT2D eigenvalue weighted by molar-refractivity contribution is 5.79. The number of amides is 1. The number of hydrogen-bond acceptors (Lipinski definition) is 3. The number of carbonyl (C=O) groups excluding carboxylic acids is 1. The first-order valence-corrected chi connectivity index (χ1v) is 8.04. The van der Waals surface area contributed by atoms with Gasteiger partial charge in [0.1, 0.15) is 0 Å². The molecule has 3 rings (SSSR count). The molecule has 1 heterocycles. The largest absolute Gasteiger partial charge is 0.349 e. The summed E-state index contributed by atoms with van der Waals surface area (Å²) in [5.41, 5.74) is 1.87. The number of benzene rings is 1. The van der Waals surface area contributed by atoms with Crippen molar-refractivity contribution < 1.29 is 4.79 Å². The standard InChI is InChI=1S/C18H23N3O/c1-21(16-7-3-4-8-16)13-18(22)19-12-15-11-10-14-6-2-5-9-17(14)20-15/h2,5-6,9-11,16H,3-4,7-8,12-13H2,1H3,(H,19,22). The highest BCUT2D eigenvalue weighted by Gasteiger charge is 2.20. The van der Waals surface area contributed by atoms with E-state index in [9.17, 15) is 4.79 Å². The van der Waals surface area contributed by atoms with Crippen molar-refractivity contribution in [2.45, 2.75) is 38.3 Å². The van der Waals surface area contributed by atoms with Gasteiger partial charge in [-0.15, -0.1) is 0 Å². The van der Waals surface area contributed by atoms with Gasteiger partial charge in [0.15, 0.2) is 0 Å². The number of pyridine rings is 1. The second-order valence-corrected chi connectivity index (χ2v) is 6.13. The highest BCUT2D eigenvalue weighted by Crippen LogP contribution is 2.21. The molecule has 0 aliphatic heterocycles. The zero-order chi connectivity index (χ0) is 15.4. The van der Waals surface area contributed by atoms with Crippen LogP contribution in [0, 0.1) is 0 Å². The van der Waals surface area contributed by atoms with E-state index in [1.54, 1.807) is 0 Å². The van der Waals surface area contributed by atoms with Gasteiger partial charge in [0, 0.05) is 11.4 Å². The van der Waals surface area contributed by atoms with E-state index in [2.05, 4.69) is 21.3 Å². The molecular weight excluding hydrogens is 274 g/mol. The third kappa shape index (κ3) is 3.63. The highest BCUT2D eigenvalue weighted by atomic mass is 16.2. The van der Waals surface area contributed by atoms with Gasteiger partial charge in [0.2, 0.25) is 5.91 Å². The number of rotatable bonds is 5. The third-order valence-electron chi connectivity index (χ3n) is 4.46. The maximum absolute atomic E-state index is 12.1. The van der Waals surface area contributed by atoms with Crippen molar-refractivity contribution in [3.63, 3.8) is 0 Å². The van der Waals surface area contributed by atoms with Gasteiger partial charge < -0.3 is 5.32 Å². The van der Waals surface area contributed by atoms with Crippen molar-refractivity contribution >= 4 is 16.8 Å². The molecule has 4 heteroatoms. The van der Waals surface area contributed by atoms with Crippen molar-refractivity contribution in [3.8, 4) is 0 Å². The number of nitrogens with zero attached hydrogens (tertiary/aromatic N) is 2. The number of carbonyl (C=O) groups is 1. The molecular formula is C18H23N3O. The predicted molar refractivity (Wildman–Crippen MR) is 88.5 cm³/mol. The fourth-order valence-electron chi connectivity index (χ4n) is 3.15. The Balaban J connectivity index is 1.53. The molecule has 22 heavy (non-hydrogen) atoms. The van der Waals surface area contributed by atoms with E-state index in [0.29, 0.717) is 19.1 Å². The fraction of sp³-hybridized carbons (Fsp3) is 0.444. The maximum Gasteiger partial charge on any atom is 0.234 e. The van der Waals surface area contributed by atoms with Gasteiger partial charge in [0.25, 0.3) is 0 Å². The van der Waals surface area contributed by atoms with Crippen LogP contribution in [0.25, 0.3) is 10.9 Å². The summed E-state index contributed by atoms with van der Waals surface area (Å²) in [6.07, 6.45) is 5.02. The van der Waals surface area contributed by atoms with Crippen LogP contribution in [0.2, 0.25) is 0 Å². The van der Waals surface area contributed by atoms with Gasteiger partial charge in [-0.2, -0.15) is 0 Å². The van der Waals surface area contributed by atoms with E-state index in [-0.39, 0.29) is 5.91 Å². The molecule has 2 aromatic rings. The Morgan fingerprint density at radius 2 is 2.00 bits per heavy atom. The molecule has 116 valence electrons. The van der Waals surface area contributed by atoms with Crippen LogP contribution < -0.4 is 5.32 Å². The lowest BCUT2D eigenvalue weighted by molar-refractivity contribution is -0.122. The summed E-state index contributed by atoms with van der Waals surface area (Å²) >= 11 is 0. The molecule has 0 atom stereocenters. The zero-order valence-electron chi connectivity index (χ0n) is 13.1. The summed E-state index contributed by atoms with van der Waals surface area (Å²) in [6.45, 7) is 0.959. The fourth-order valence-corrected chi connectivity index (χ4v) is 3.15. The third-order valence-corrected chi connectivity index (χ3v) is 4.46. The molecule has 1 aromatic heterocycles. The second-order valence-electron chi connectivity index (χ2n) is 6.13. The van der Waals surface area contributed by atoms with Crippen molar-refractivity contribution in [2.24, 2.45) is 0 Å². The molecule has 1 amide bonds. The van der Waals surface area contributed by atoms with E-state index in [0.717, 1.165) is 16.6 Å². The van der Waals surface area contributed by atoms with E-state index >= 15 is 0 Å². The van der Waals surface area contributed by atoms with Gasteiger partial charge in [0.05, 0.1) is 24.3 Å². The molecule has 0 spiro atoms. The minimum Gasteiger partial charge on any atom is -0.349 e. The Hall–Kier alpha value is -1.94. The average Bonchev–Trinajstić information content (AvgIpc) is 3.07. The summed E-state index contributed by atoms with van der Waals surface area (Å²) in [6, 6.07) is 12.6. The van der Waals surface area contributed by atoms with Crippen molar-refractivity contribution in [2.75, 3.05) is 13.6 Å². The van der Waals surface area contributed by atoms with Crippen LogP contribution in [0.3, 0.4) is 0 Å². The number of para-hydroxylation sites is 1. The first-order chi connectivity index (χ1) is 10.7. The summed E-state index contributed by atoms with van der Waals surface area (Å²) < 4.78 is 0. The average molecular weight is 297 g/mol. The Morgan fingerprint density at radius 1 is 1.23 bits per heavy atom. The van der Waals surface area contributed by atoms with Gasteiger partial charge in [-0.05, 0) is 32.0 Å². The van der Waals surface area contributed by atoms with Gasteiger partial charge >= 0.3 is 0 Å². The topological polar surface area (TPSA) is 45.2 Å². The Labute approximate surface area is 131 Å². The first kappa shape index (κ1) is 15.0. The van der Waals surface area contributed by atoms with Crippen LogP contribution in [0.1, 0.15) is 31.4 Å². The molecule has 1 aromatic carbocycles. The molecule has 1 aliphatic rings. The smallest absolute Gasteiger partial charge is 0.234 e. The SMILES string of the molecule is CN(CC(=O)NCc1ccc2ccccc2n1)C1CCCC1. The summed E-state index contributed by atoms with van der Waals surface area (Å²) in [5, 5.41) is 4.10. The monoisotopic (exact) mass is 297 g/mol. The Morgan fingerprint density at radius 3 is 2.82 bits per heavy atom. The molecule has 1 fully saturated rings. The quantitative estimate of drug-likeness (QED) is 0.923. The second kappa shape index (κ2) is 6.88. The Kier molecular flexibility index (Phi) is 4.68. The number of aromatic nitrogens is 1. The number of likely N-dealkylation sites (N-methyl/N-ethyl adjacent to an activating group) is 1. The van der Waals surface area contributed by atoms with Crippen molar-refractivity contribution in [1.29, 1.82) is 0 Å². The maximum atomic E-state index is 12.1.